The van der Waals surface area contributed by atoms with Crippen LogP contribution in [-0.2, 0) is 0 Å². The molecule has 0 saturated carbocycles. The van der Waals surface area contributed by atoms with Crippen molar-refractivity contribution < 1.29 is 9.52 Å². The first-order valence-electron chi connectivity index (χ1n) is 7.08. The van der Waals surface area contributed by atoms with E-state index >= 15 is 0 Å². The molecule has 3 nitrogen and oxygen atoms in total. The van der Waals surface area contributed by atoms with E-state index < -0.39 is 6.10 Å². The van der Waals surface area contributed by atoms with E-state index in [4.69, 9.17) is 16.0 Å². The molecule has 0 aliphatic heterocycles. The standard InChI is InChI=1S/C18H12ClNO2S/c19-13-6-3-5-12(8-13)17(21)18-20-14(10-23-18)16-9-11-4-1-2-7-15(11)22-16/h1-10,17,21H. The highest BCUT2D eigenvalue weighted by Crippen LogP contribution is 2.32. The van der Waals surface area contributed by atoms with Crippen molar-refractivity contribution in [1.29, 1.82) is 0 Å². The molecule has 1 unspecified atom stereocenters. The molecular formula is C18H12ClNO2S. The number of thiazole rings is 1. The van der Waals surface area contributed by atoms with E-state index in [-0.39, 0.29) is 0 Å². The number of furan rings is 1. The Kier molecular flexibility index (Phi) is 3.65. The summed E-state index contributed by atoms with van der Waals surface area (Å²) in [7, 11) is 0. The van der Waals surface area contributed by atoms with Crippen LogP contribution in [0.25, 0.3) is 22.4 Å². The van der Waals surface area contributed by atoms with Gasteiger partial charge in [-0.25, -0.2) is 4.98 Å². The van der Waals surface area contributed by atoms with Crippen molar-refractivity contribution >= 4 is 33.9 Å². The number of rotatable bonds is 3. The van der Waals surface area contributed by atoms with Crippen molar-refractivity contribution in [3.8, 4) is 11.5 Å². The normalized spacial score (nSPS) is 12.6. The van der Waals surface area contributed by atoms with Gasteiger partial charge in [-0.15, -0.1) is 11.3 Å². The second kappa shape index (κ2) is 5.81. The number of nitrogens with zero attached hydrogens (tertiary/aromatic N) is 1. The van der Waals surface area contributed by atoms with Crippen LogP contribution in [0.5, 0.6) is 0 Å². The van der Waals surface area contributed by atoms with Crippen molar-refractivity contribution in [2.75, 3.05) is 0 Å². The van der Waals surface area contributed by atoms with Gasteiger partial charge in [0.1, 0.15) is 22.4 Å². The van der Waals surface area contributed by atoms with Crippen molar-refractivity contribution in [3.05, 3.63) is 75.6 Å². The highest BCUT2D eigenvalue weighted by molar-refractivity contribution is 7.10. The molecule has 0 spiro atoms. The Hall–Kier alpha value is -2.14. The molecule has 0 aliphatic carbocycles. The summed E-state index contributed by atoms with van der Waals surface area (Å²) in [4.78, 5) is 4.51. The zero-order valence-electron chi connectivity index (χ0n) is 11.9. The molecule has 0 radical (unpaired) electrons. The van der Waals surface area contributed by atoms with Gasteiger partial charge in [0.05, 0.1) is 0 Å². The minimum absolute atomic E-state index is 0.593. The third-order valence-corrected chi connectivity index (χ3v) is 4.73. The fourth-order valence-corrected chi connectivity index (χ4v) is 3.47. The van der Waals surface area contributed by atoms with Crippen LogP contribution in [-0.4, -0.2) is 10.1 Å². The molecule has 4 rings (SSSR count). The first-order valence-corrected chi connectivity index (χ1v) is 8.34. The molecule has 0 fully saturated rings. The van der Waals surface area contributed by atoms with E-state index in [2.05, 4.69) is 4.98 Å². The molecule has 1 atom stereocenters. The van der Waals surface area contributed by atoms with Gasteiger partial charge in [-0.1, -0.05) is 41.9 Å². The van der Waals surface area contributed by atoms with Gasteiger partial charge in [-0.2, -0.15) is 0 Å². The molecule has 23 heavy (non-hydrogen) atoms. The van der Waals surface area contributed by atoms with Crippen molar-refractivity contribution in [2.45, 2.75) is 6.10 Å². The summed E-state index contributed by atoms with van der Waals surface area (Å²) in [5.74, 6) is 0.701. The molecular weight excluding hydrogens is 330 g/mol. The number of fused-ring (bicyclic) bond motifs is 1. The maximum absolute atomic E-state index is 10.5. The summed E-state index contributed by atoms with van der Waals surface area (Å²) in [5, 5.41) is 14.6. The van der Waals surface area contributed by atoms with Gasteiger partial charge in [-0.3, -0.25) is 0 Å². The maximum atomic E-state index is 10.5. The molecule has 0 saturated heterocycles. The Labute approximate surface area is 141 Å². The zero-order chi connectivity index (χ0) is 15.8. The number of halogens is 1. The number of hydrogen-bond acceptors (Lipinski definition) is 4. The second-order valence-electron chi connectivity index (χ2n) is 5.18. The van der Waals surface area contributed by atoms with Crippen molar-refractivity contribution in [2.24, 2.45) is 0 Å². The molecule has 0 bridgehead atoms. The van der Waals surface area contributed by atoms with Crippen LogP contribution in [0.2, 0.25) is 5.02 Å². The average Bonchev–Trinajstić information content (AvgIpc) is 3.20. The number of aromatic nitrogens is 1. The number of aliphatic hydroxyl groups excluding tert-OH is 1. The molecule has 2 heterocycles. The van der Waals surface area contributed by atoms with Gasteiger partial charge in [0.2, 0.25) is 0 Å². The lowest BCUT2D eigenvalue weighted by Crippen LogP contribution is -1.98. The van der Waals surface area contributed by atoms with E-state index in [1.54, 1.807) is 12.1 Å². The molecule has 5 heteroatoms. The van der Waals surface area contributed by atoms with Crippen LogP contribution in [0, 0.1) is 0 Å². The van der Waals surface area contributed by atoms with E-state index in [0.717, 1.165) is 22.2 Å². The number of hydrogen-bond donors (Lipinski definition) is 1. The largest absolute Gasteiger partial charge is 0.454 e. The summed E-state index contributed by atoms with van der Waals surface area (Å²) in [5.41, 5.74) is 2.28. The molecule has 0 amide bonds. The number of aliphatic hydroxyl groups is 1. The Bertz CT molecular complexity index is 943. The van der Waals surface area contributed by atoms with Gasteiger partial charge in [-0.05, 0) is 29.8 Å². The Morgan fingerprint density at radius 3 is 2.78 bits per heavy atom. The molecule has 4 aromatic rings. The lowest BCUT2D eigenvalue weighted by molar-refractivity contribution is 0.220. The van der Waals surface area contributed by atoms with Gasteiger partial charge in [0.15, 0.2) is 5.76 Å². The first kappa shape index (κ1) is 14.5. The Balaban J connectivity index is 1.68. The maximum Gasteiger partial charge on any atom is 0.154 e. The zero-order valence-corrected chi connectivity index (χ0v) is 13.5. The SMILES string of the molecule is OC(c1cccc(Cl)c1)c1nc(-c2cc3ccccc3o2)cs1. The highest BCUT2D eigenvalue weighted by Gasteiger charge is 2.17. The van der Waals surface area contributed by atoms with E-state index in [9.17, 15) is 5.11 Å². The van der Waals surface area contributed by atoms with Crippen LogP contribution in [0.1, 0.15) is 16.7 Å². The predicted octanol–water partition coefficient (Wildman–Crippen LogP) is 5.29. The molecule has 2 aromatic heterocycles. The van der Waals surface area contributed by atoms with E-state index in [1.807, 2.05) is 47.8 Å². The van der Waals surface area contributed by atoms with Crippen molar-refractivity contribution in [1.82, 2.24) is 4.98 Å². The quantitative estimate of drug-likeness (QED) is 0.550. The van der Waals surface area contributed by atoms with Gasteiger partial charge < -0.3 is 9.52 Å². The summed E-state index contributed by atoms with van der Waals surface area (Å²) < 4.78 is 5.81. The van der Waals surface area contributed by atoms with Crippen LogP contribution >= 0.6 is 22.9 Å². The van der Waals surface area contributed by atoms with Gasteiger partial charge >= 0.3 is 0 Å². The minimum atomic E-state index is -0.795. The van der Waals surface area contributed by atoms with Gasteiger partial charge in [0, 0.05) is 15.8 Å². The van der Waals surface area contributed by atoms with Crippen LogP contribution in [0.3, 0.4) is 0 Å². The monoisotopic (exact) mass is 341 g/mol. The second-order valence-corrected chi connectivity index (χ2v) is 6.50. The van der Waals surface area contributed by atoms with Gasteiger partial charge in [0.25, 0.3) is 0 Å². The first-order chi connectivity index (χ1) is 11.2. The molecule has 0 aliphatic rings. The summed E-state index contributed by atoms with van der Waals surface area (Å²) in [6.07, 6.45) is -0.795. The highest BCUT2D eigenvalue weighted by atomic mass is 35.5. The fraction of sp³-hybridized carbons (Fsp3) is 0.0556. The fourth-order valence-electron chi connectivity index (χ4n) is 2.45. The number of benzene rings is 2. The van der Waals surface area contributed by atoms with E-state index in [1.165, 1.54) is 11.3 Å². The summed E-state index contributed by atoms with van der Waals surface area (Å²) >= 11 is 7.38. The number of para-hydroxylation sites is 1. The third-order valence-electron chi connectivity index (χ3n) is 3.60. The predicted molar refractivity (Wildman–Crippen MR) is 92.8 cm³/mol. The molecule has 2 aromatic carbocycles. The Morgan fingerprint density at radius 2 is 1.96 bits per heavy atom. The summed E-state index contributed by atoms with van der Waals surface area (Å²) in [6.45, 7) is 0. The average molecular weight is 342 g/mol. The third kappa shape index (κ3) is 2.77. The minimum Gasteiger partial charge on any atom is -0.454 e. The smallest absolute Gasteiger partial charge is 0.154 e. The summed E-state index contributed by atoms with van der Waals surface area (Å²) in [6, 6.07) is 17.0. The van der Waals surface area contributed by atoms with E-state index in [0.29, 0.717) is 15.8 Å². The van der Waals surface area contributed by atoms with Crippen LogP contribution in [0.4, 0.5) is 0 Å². The molecule has 1 N–H and O–H groups in total. The Morgan fingerprint density at radius 1 is 1.09 bits per heavy atom. The topological polar surface area (TPSA) is 46.3 Å². The van der Waals surface area contributed by atoms with Crippen molar-refractivity contribution in [3.63, 3.8) is 0 Å². The lowest BCUT2D eigenvalue weighted by atomic mass is 10.1. The van der Waals surface area contributed by atoms with Crippen LogP contribution < -0.4 is 0 Å². The lowest BCUT2D eigenvalue weighted by Gasteiger charge is -2.07. The molecule has 114 valence electrons. The van der Waals surface area contributed by atoms with Crippen LogP contribution in [0.15, 0.2) is 64.4 Å².